The van der Waals surface area contributed by atoms with Gasteiger partial charge in [-0.15, -0.1) is 0 Å². The molecule has 110 valence electrons. The van der Waals surface area contributed by atoms with Crippen LogP contribution in [0, 0.1) is 17.0 Å². The lowest BCUT2D eigenvalue weighted by molar-refractivity contribution is -0.385. The van der Waals surface area contributed by atoms with Crippen molar-refractivity contribution in [3.63, 3.8) is 0 Å². The second-order valence-corrected chi connectivity index (χ2v) is 5.05. The quantitative estimate of drug-likeness (QED) is 0.668. The largest absolute Gasteiger partial charge is 0.450 e. The Bertz CT molecular complexity index is 674. The molecule has 0 aliphatic carbocycles. The van der Waals surface area contributed by atoms with Gasteiger partial charge in [-0.1, -0.05) is 29.3 Å². The molecule has 21 heavy (non-hydrogen) atoms. The summed E-state index contributed by atoms with van der Waals surface area (Å²) in [6.45, 7) is 2.59. The van der Waals surface area contributed by atoms with Gasteiger partial charge >= 0.3 is 5.69 Å². The third-order valence-corrected chi connectivity index (χ3v) is 3.16. The number of nitro benzene ring substituents is 1. The number of hydrogen-bond acceptors (Lipinski definition) is 4. The topological polar surface area (TPSA) is 64.4 Å². The van der Waals surface area contributed by atoms with Gasteiger partial charge in [0.05, 0.1) is 4.92 Å². The van der Waals surface area contributed by atoms with Crippen molar-refractivity contribution >= 4 is 17.3 Å². The minimum Gasteiger partial charge on any atom is -0.450 e. The molecular weight excluding hydrogens is 292 g/mol. The highest BCUT2D eigenvalue weighted by Crippen LogP contribution is 2.35. The van der Waals surface area contributed by atoms with E-state index in [1.165, 1.54) is 12.1 Å². The number of halogens is 1. The summed E-state index contributed by atoms with van der Waals surface area (Å²) in [6.07, 6.45) is 0. The maximum atomic E-state index is 11.1. The van der Waals surface area contributed by atoms with Gasteiger partial charge < -0.3 is 10.1 Å². The Morgan fingerprint density at radius 1 is 1.24 bits per heavy atom. The Kier molecular flexibility index (Phi) is 4.77. The monoisotopic (exact) mass is 306 g/mol. The molecule has 0 unspecified atom stereocenters. The maximum absolute atomic E-state index is 11.1. The van der Waals surface area contributed by atoms with Crippen molar-refractivity contribution < 1.29 is 9.66 Å². The van der Waals surface area contributed by atoms with Crippen LogP contribution in [0.5, 0.6) is 11.5 Å². The van der Waals surface area contributed by atoms with E-state index >= 15 is 0 Å². The number of nitro groups is 1. The van der Waals surface area contributed by atoms with Crippen LogP contribution >= 0.6 is 11.6 Å². The Balaban J connectivity index is 2.40. The number of aryl methyl sites for hydroxylation is 1. The Morgan fingerprint density at radius 3 is 2.62 bits per heavy atom. The highest BCUT2D eigenvalue weighted by Gasteiger charge is 2.17. The third kappa shape index (κ3) is 3.71. The summed E-state index contributed by atoms with van der Waals surface area (Å²) in [4.78, 5) is 10.6. The van der Waals surface area contributed by atoms with Crippen molar-refractivity contribution in [2.24, 2.45) is 0 Å². The normalized spacial score (nSPS) is 10.4. The number of benzene rings is 2. The van der Waals surface area contributed by atoms with Gasteiger partial charge in [-0.2, -0.15) is 0 Å². The minimum atomic E-state index is -0.507. The van der Waals surface area contributed by atoms with E-state index in [0.717, 1.165) is 11.1 Å². The summed E-state index contributed by atoms with van der Waals surface area (Å²) in [5.41, 5.74) is 1.87. The van der Waals surface area contributed by atoms with Crippen LogP contribution in [-0.4, -0.2) is 12.0 Å². The van der Waals surface area contributed by atoms with E-state index < -0.39 is 4.92 Å². The third-order valence-electron chi connectivity index (χ3n) is 2.92. The fraction of sp³-hybridized carbons (Fsp3) is 0.200. The molecule has 0 atom stereocenters. The van der Waals surface area contributed by atoms with Gasteiger partial charge in [-0.25, -0.2) is 0 Å². The van der Waals surface area contributed by atoms with E-state index in [-0.39, 0.29) is 11.4 Å². The number of rotatable bonds is 5. The van der Waals surface area contributed by atoms with Gasteiger partial charge in [-0.3, -0.25) is 10.1 Å². The first kappa shape index (κ1) is 15.3. The van der Waals surface area contributed by atoms with Crippen LogP contribution < -0.4 is 10.1 Å². The van der Waals surface area contributed by atoms with E-state index in [0.29, 0.717) is 17.3 Å². The lowest BCUT2D eigenvalue weighted by atomic mass is 10.1. The van der Waals surface area contributed by atoms with Crippen molar-refractivity contribution in [3.05, 3.63) is 62.7 Å². The molecule has 2 aromatic rings. The average Bonchev–Trinajstić information content (AvgIpc) is 2.43. The summed E-state index contributed by atoms with van der Waals surface area (Å²) in [7, 11) is 1.83. The molecule has 2 rings (SSSR count). The Morgan fingerprint density at radius 2 is 1.95 bits per heavy atom. The van der Waals surface area contributed by atoms with Crippen molar-refractivity contribution in [2.75, 3.05) is 7.05 Å². The molecule has 0 amide bonds. The number of nitrogens with zero attached hydrogens (tertiary/aromatic N) is 1. The Labute approximate surface area is 127 Å². The molecule has 5 nitrogen and oxygen atoms in total. The smallest absolute Gasteiger partial charge is 0.313 e. The molecule has 0 saturated heterocycles. The standard InChI is InChI=1S/C15H15ClN2O3/c1-10-3-5-14(11(7-10)9-17-2)21-15-6-4-12(16)8-13(15)18(19)20/h3-8,17H,9H2,1-2H3. The van der Waals surface area contributed by atoms with Gasteiger partial charge in [0.2, 0.25) is 5.75 Å². The van der Waals surface area contributed by atoms with Crippen molar-refractivity contribution in [3.8, 4) is 11.5 Å². The molecule has 0 aliphatic rings. The first-order valence-electron chi connectivity index (χ1n) is 6.37. The van der Waals surface area contributed by atoms with Crippen LogP contribution in [0.25, 0.3) is 0 Å². The molecule has 0 radical (unpaired) electrons. The van der Waals surface area contributed by atoms with Crippen molar-refractivity contribution in [1.29, 1.82) is 0 Å². The SMILES string of the molecule is CNCc1cc(C)ccc1Oc1ccc(Cl)cc1[N+](=O)[O-]. The predicted molar refractivity (Wildman–Crippen MR) is 82.1 cm³/mol. The second-order valence-electron chi connectivity index (χ2n) is 4.61. The summed E-state index contributed by atoms with van der Waals surface area (Å²) in [6, 6.07) is 10.0. The summed E-state index contributed by atoms with van der Waals surface area (Å²) in [5.74, 6) is 0.756. The van der Waals surface area contributed by atoms with Crippen molar-refractivity contribution in [1.82, 2.24) is 5.32 Å². The van der Waals surface area contributed by atoms with E-state index in [1.54, 1.807) is 12.1 Å². The number of nitrogens with one attached hydrogen (secondary N) is 1. The van der Waals surface area contributed by atoms with E-state index in [2.05, 4.69) is 5.32 Å². The molecule has 0 aromatic heterocycles. The molecule has 0 spiro atoms. The molecule has 1 N–H and O–H groups in total. The zero-order valence-electron chi connectivity index (χ0n) is 11.7. The molecule has 0 saturated carbocycles. The maximum Gasteiger partial charge on any atom is 0.313 e. The summed E-state index contributed by atoms with van der Waals surface area (Å²) < 4.78 is 5.72. The summed E-state index contributed by atoms with van der Waals surface area (Å²) >= 11 is 5.80. The van der Waals surface area contributed by atoms with Crippen molar-refractivity contribution in [2.45, 2.75) is 13.5 Å². The predicted octanol–water partition coefficient (Wildman–Crippen LogP) is 4.07. The summed E-state index contributed by atoms with van der Waals surface area (Å²) in [5, 5.41) is 14.4. The first-order valence-corrected chi connectivity index (χ1v) is 6.75. The van der Waals surface area contributed by atoms with Crippen LogP contribution in [0.1, 0.15) is 11.1 Å². The lowest BCUT2D eigenvalue weighted by Gasteiger charge is -2.12. The van der Waals surface area contributed by atoms with Crippen LogP contribution in [0.3, 0.4) is 0 Å². The van der Waals surface area contributed by atoms with Gasteiger partial charge in [-0.05, 0) is 32.2 Å². The highest BCUT2D eigenvalue weighted by atomic mass is 35.5. The minimum absolute atomic E-state index is 0.154. The van der Waals surface area contributed by atoms with Crippen LogP contribution in [0.4, 0.5) is 5.69 Å². The van der Waals surface area contributed by atoms with E-state index in [4.69, 9.17) is 16.3 Å². The van der Waals surface area contributed by atoms with Crippen LogP contribution in [0.15, 0.2) is 36.4 Å². The molecular formula is C15H15ClN2O3. The van der Waals surface area contributed by atoms with Crippen LogP contribution in [0.2, 0.25) is 5.02 Å². The van der Waals surface area contributed by atoms with E-state index in [1.807, 2.05) is 26.1 Å². The second kappa shape index (κ2) is 6.56. The molecule has 0 bridgehead atoms. The zero-order chi connectivity index (χ0) is 15.4. The number of hydrogen-bond donors (Lipinski definition) is 1. The van der Waals surface area contributed by atoms with Gasteiger partial charge in [0.15, 0.2) is 0 Å². The Hall–Kier alpha value is -2.11. The van der Waals surface area contributed by atoms with Gasteiger partial charge in [0.25, 0.3) is 0 Å². The van der Waals surface area contributed by atoms with Gasteiger partial charge in [0, 0.05) is 23.2 Å². The zero-order valence-corrected chi connectivity index (χ0v) is 12.5. The first-order chi connectivity index (χ1) is 10.0. The number of ether oxygens (including phenoxy) is 1. The fourth-order valence-electron chi connectivity index (χ4n) is 1.97. The lowest BCUT2D eigenvalue weighted by Crippen LogP contribution is -2.07. The van der Waals surface area contributed by atoms with Gasteiger partial charge in [0.1, 0.15) is 5.75 Å². The molecule has 0 fully saturated rings. The fourth-order valence-corrected chi connectivity index (χ4v) is 2.14. The molecule has 2 aromatic carbocycles. The molecule has 0 aliphatic heterocycles. The highest BCUT2D eigenvalue weighted by molar-refractivity contribution is 6.30. The van der Waals surface area contributed by atoms with Crippen LogP contribution in [-0.2, 0) is 6.54 Å². The molecule has 0 heterocycles. The average molecular weight is 307 g/mol. The molecule has 6 heteroatoms. The van der Waals surface area contributed by atoms with E-state index in [9.17, 15) is 10.1 Å².